The lowest BCUT2D eigenvalue weighted by Gasteiger charge is -2.00. The van der Waals surface area contributed by atoms with E-state index in [1.807, 2.05) is 24.3 Å². The molecule has 2 aromatic carbocycles. The lowest BCUT2D eigenvalue weighted by atomic mass is 10.2. The predicted octanol–water partition coefficient (Wildman–Crippen LogP) is 2.52. The molecule has 0 saturated carbocycles. The van der Waals surface area contributed by atoms with E-state index in [4.69, 9.17) is 0 Å². The van der Waals surface area contributed by atoms with Crippen LogP contribution in [0.1, 0.15) is 11.1 Å². The summed E-state index contributed by atoms with van der Waals surface area (Å²) in [6.45, 7) is 0. The van der Waals surface area contributed by atoms with Crippen molar-refractivity contribution in [3.63, 3.8) is 0 Å². The Hall–Kier alpha value is -1.99. The zero-order valence-corrected chi connectivity index (χ0v) is 13.1. The molecule has 106 valence electrons. The molecule has 0 bridgehead atoms. The molecule has 7 heteroatoms. The maximum atomic E-state index is 11.8. The third kappa shape index (κ3) is 2.88. The molecular weight excluding hydrogens is 354 g/mol. The molecule has 0 amide bonds. The maximum Gasteiger partial charge on any atom is 0.285 e. The normalized spacial score (nSPS) is 15.8. The van der Waals surface area contributed by atoms with E-state index >= 15 is 0 Å². The van der Waals surface area contributed by atoms with Crippen LogP contribution in [0.15, 0.2) is 67.4 Å². The van der Waals surface area contributed by atoms with Crippen LogP contribution < -0.4 is 5.43 Å². The summed E-state index contributed by atoms with van der Waals surface area (Å²) in [6, 6.07) is 14.2. The molecule has 0 radical (unpaired) electrons. The summed E-state index contributed by atoms with van der Waals surface area (Å²) in [5, 5.41) is 4.03. The van der Waals surface area contributed by atoms with Crippen LogP contribution in [0, 0.1) is 0 Å². The fraction of sp³-hybridized carbons (Fsp3) is 0. The third-order valence-electron chi connectivity index (χ3n) is 2.89. The van der Waals surface area contributed by atoms with Gasteiger partial charge in [0, 0.05) is 10.0 Å². The number of hydrogen-bond donors (Lipinski definition) is 1. The van der Waals surface area contributed by atoms with Gasteiger partial charge in [-0.3, -0.25) is 5.43 Å². The van der Waals surface area contributed by atoms with Gasteiger partial charge in [-0.2, -0.15) is 13.5 Å². The fourth-order valence-corrected chi connectivity index (χ4v) is 3.34. The maximum absolute atomic E-state index is 11.8. The van der Waals surface area contributed by atoms with E-state index in [9.17, 15) is 8.42 Å². The highest BCUT2D eigenvalue weighted by atomic mass is 79.9. The number of nitrogens with one attached hydrogen (secondary N) is 1. The third-order valence-corrected chi connectivity index (χ3v) is 4.75. The molecule has 0 unspecified atom stereocenters. The van der Waals surface area contributed by atoms with Crippen molar-refractivity contribution in [2.75, 3.05) is 0 Å². The van der Waals surface area contributed by atoms with Crippen LogP contribution in [0.3, 0.4) is 0 Å². The average molecular weight is 364 g/mol. The van der Waals surface area contributed by atoms with Crippen molar-refractivity contribution in [3.05, 3.63) is 64.1 Å². The van der Waals surface area contributed by atoms with Gasteiger partial charge < -0.3 is 0 Å². The van der Waals surface area contributed by atoms with Crippen molar-refractivity contribution in [2.24, 2.45) is 9.50 Å². The molecule has 0 saturated heterocycles. The molecule has 0 aliphatic carbocycles. The Morgan fingerprint density at radius 2 is 1.81 bits per heavy atom. The number of rotatable bonds is 2. The predicted molar refractivity (Wildman–Crippen MR) is 85.0 cm³/mol. The highest BCUT2D eigenvalue weighted by Gasteiger charge is 2.27. The van der Waals surface area contributed by atoms with Crippen LogP contribution in [0.2, 0.25) is 0 Å². The van der Waals surface area contributed by atoms with Gasteiger partial charge >= 0.3 is 0 Å². The van der Waals surface area contributed by atoms with Crippen molar-refractivity contribution >= 4 is 38.0 Å². The molecule has 3 rings (SSSR count). The smallest absolute Gasteiger partial charge is 0.260 e. The van der Waals surface area contributed by atoms with Gasteiger partial charge in [0.1, 0.15) is 4.90 Å². The molecule has 0 atom stereocenters. The van der Waals surface area contributed by atoms with Crippen LogP contribution in [0.5, 0.6) is 0 Å². The lowest BCUT2D eigenvalue weighted by Crippen LogP contribution is -2.17. The summed E-state index contributed by atoms with van der Waals surface area (Å²) in [4.78, 5) is 0.200. The van der Waals surface area contributed by atoms with Crippen molar-refractivity contribution < 1.29 is 8.42 Å². The minimum atomic E-state index is -3.61. The van der Waals surface area contributed by atoms with Gasteiger partial charge in [-0.15, -0.1) is 4.40 Å². The largest absolute Gasteiger partial charge is 0.285 e. The number of amidine groups is 1. The van der Waals surface area contributed by atoms with E-state index in [-0.39, 0.29) is 10.7 Å². The molecule has 5 nitrogen and oxygen atoms in total. The fourth-order valence-electron chi connectivity index (χ4n) is 1.90. The number of sulfonamides is 1. The molecule has 1 heterocycles. The van der Waals surface area contributed by atoms with Gasteiger partial charge in [0.15, 0.2) is 5.84 Å². The number of nitrogens with zero attached hydrogens (tertiary/aromatic N) is 2. The van der Waals surface area contributed by atoms with E-state index in [0.717, 1.165) is 10.0 Å². The Bertz CT molecular complexity index is 843. The van der Waals surface area contributed by atoms with E-state index in [1.165, 1.54) is 6.07 Å². The van der Waals surface area contributed by atoms with Crippen LogP contribution in [0.4, 0.5) is 0 Å². The van der Waals surface area contributed by atoms with Gasteiger partial charge in [-0.25, -0.2) is 0 Å². The van der Waals surface area contributed by atoms with Gasteiger partial charge in [0.2, 0.25) is 0 Å². The quantitative estimate of drug-likeness (QED) is 0.658. The van der Waals surface area contributed by atoms with E-state index in [0.29, 0.717) is 5.56 Å². The van der Waals surface area contributed by atoms with Crippen LogP contribution in [-0.2, 0) is 10.0 Å². The summed E-state index contributed by atoms with van der Waals surface area (Å²) in [5.74, 6) is 0.235. The topological polar surface area (TPSA) is 70.9 Å². The Balaban J connectivity index is 1.82. The highest BCUT2D eigenvalue weighted by molar-refractivity contribution is 9.10. The van der Waals surface area contributed by atoms with Crippen LogP contribution in [0.25, 0.3) is 0 Å². The highest BCUT2D eigenvalue weighted by Crippen LogP contribution is 2.24. The Morgan fingerprint density at radius 3 is 2.57 bits per heavy atom. The minimum absolute atomic E-state index is 0.200. The standard InChI is InChI=1S/C14H10BrN3O2S/c15-11-7-5-10(6-8-11)9-16-17-14-12-3-1-2-4-13(12)21(19,20)18-14/h1-9H,(H,17,18)/b16-9+. The molecule has 0 spiro atoms. The van der Waals surface area contributed by atoms with E-state index in [1.54, 1.807) is 24.4 Å². The first-order valence-electron chi connectivity index (χ1n) is 6.05. The van der Waals surface area contributed by atoms with Gasteiger partial charge in [-0.1, -0.05) is 40.2 Å². The summed E-state index contributed by atoms with van der Waals surface area (Å²) in [7, 11) is -3.61. The molecule has 1 aliphatic heterocycles. The first kappa shape index (κ1) is 14.0. The average Bonchev–Trinajstić information content (AvgIpc) is 2.73. The van der Waals surface area contributed by atoms with Crippen molar-refractivity contribution in [2.45, 2.75) is 4.90 Å². The van der Waals surface area contributed by atoms with Gasteiger partial charge in [0.05, 0.1) is 6.21 Å². The second-order valence-corrected chi connectivity index (χ2v) is 6.82. The summed E-state index contributed by atoms with van der Waals surface area (Å²) >= 11 is 3.35. The van der Waals surface area contributed by atoms with Crippen LogP contribution in [-0.4, -0.2) is 20.5 Å². The molecule has 0 fully saturated rings. The van der Waals surface area contributed by atoms with Crippen LogP contribution >= 0.6 is 15.9 Å². The number of benzene rings is 2. The molecular formula is C14H10BrN3O2S. The van der Waals surface area contributed by atoms with Crippen molar-refractivity contribution in [1.82, 2.24) is 5.43 Å². The zero-order valence-electron chi connectivity index (χ0n) is 10.7. The lowest BCUT2D eigenvalue weighted by molar-refractivity contribution is 0.599. The molecule has 2 aromatic rings. The van der Waals surface area contributed by atoms with E-state index < -0.39 is 10.0 Å². The second kappa shape index (κ2) is 5.42. The molecule has 21 heavy (non-hydrogen) atoms. The monoisotopic (exact) mass is 363 g/mol. The Labute approximate surface area is 130 Å². The van der Waals surface area contributed by atoms with Gasteiger partial charge in [-0.05, 0) is 29.8 Å². The summed E-state index contributed by atoms with van der Waals surface area (Å²) < 4.78 is 28.4. The summed E-state index contributed by atoms with van der Waals surface area (Å²) in [5.41, 5.74) is 4.11. The number of halogens is 1. The molecule has 1 aliphatic rings. The zero-order chi connectivity index (χ0) is 14.9. The molecule has 1 N–H and O–H groups in total. The van der Waals surface area contributed by atoms with Gasteiger partial charge in [0.25, 0.3) is 10.0 Å². The Kier molecular flexibility index (Phi) is 3.60. The number of hydrogen-bond acceptors (Lipinski definition) is 4. The number of fused-ring (bicyclic) bond motifs is 1. The first-order valence-corrected chi connectivity index (χ1v) is 8.28. The SMILES string of the molecule is O=S1(=O)N=C(N/N=C/c2ccc(Br)cc2)c2ccccc21. The molecule has 0 aromatic heterocycles. The van der Waals surface area contributed by atoms with Crippen molar-refractivity contribution in [3.8, 4) is 0 Å². The second-order valence-electron chi connectivity index (χ2n) is 4.33. The van der Waals surface area contributed by atoms with E-state index in [2.05, 4.69) is 30.9 Å². The number of hydrazone groups is 1. The first-order chi connectivity index (χ1) is 10.1. The summed E-state index contributed by atoms with van der Waals surface area (Å²) in [6.07, 6.45) is 1.60. The Morgan fingerprint density at radius 1 is 1.10 bits per heavy atom. The van der Waals surface area contributed by atoms with Crippen molar-refractivity contribution in [1.29, 1.82) is 0 Å². The minimum Gasteiger partial charge on any atom is -0.260 e.